The molecule has 0 N–H and O–H groups in total. The first-order valence-corrected chi connectivity index (χ1v) is 6.81. The van der Waals surface area contributed by atoms with Crippen molar-refractivity contribution in [1.82, 2.24) is 9.55 Å². The van der Waals surface area contributed by atoms with Gasteiger partial charge >= 0.3 is 0 Å². The van der Waals surface area contributed by atoms with Crippen molar-refractivity contribution in [2.24, 2.45) is 5.92 Å². The van der Waals surface area contributed by atoms with Gasteiger partial charge in [-0.3, -0.25) is 4.79 Å². The second kappa shape index (κ2) is 6.37. The number of nitrogens with zero attached hydrogens (tertiary/aromatic N) is 2. The summed E-state index contributed by atoms with van der Waals surface area (Å²) in [6.07, 6.45) is 4.19. The molecule has 0 amide bonds. The van der Waals surface area contributed by atoms with Crippen molar-refractivity contribution in [3.8, 4) is 17.0 Å². The fourth-order valence-corrected chi connectivity index (χ4v) is 1.93. The average molecular weight is 272 g/mol. The van der Waals surface area contributed by atoms with Gasteiger partial charge in [-0.1, -0.05) is 13.8 Å². The second-order valence-corrected chi connectivity index (χ2v) is 5.22. The molecule has 0 saturated carbocycles. The first kappa shape index (κ1) is 14.3. The number of methoxy groups -OCH3 is 1. The van der Waals surface area contributed by atoms with E-state index in [1.807, 2.05) is 30.5 Å². The SMILES string of the molecule is COc1ccc(-c2cn(CCC(C)C)c(=O)cn2)cc1. The molecule has 4 heteroatoms. The quantitative estimate of drug-likeness (QED) is 0.840. The summed E-state index contributed by atoms with van der Waals surface area (Å²) in [5.74, 6) is 1.38. The number of aryl methyl sites for hydroxylation is 1. The van der Waals surface area contributed by atoms with Gasteiger partial charge in [0.1, 0.15) is 5.75 Å². The highest BCUT2D eigenvalue weighted by Gasteiger charge is 2.04. The van der Waals surface area contributed by atoms with E-state index in [1.54, 1.807) is 11.7 Å². The Morgan fingerprint density at radius 1 is 1.25 bits per heavy atom. The molecule has 1 aromatic heterocycles. The smallest absolute Gasteiger partial charge is 0.269 e. The normalized spacial score (nSPS) is 10.8. The Hall–Kier alpha value is -2.10. The summed E-state index contributed by atoms with van der Waals surface area (Å²) in [6, 6.07) is 7.66. The van der Waals surface area contributed by atoms with Crippen molar-refractivity contribution in [3.05, 3.63) is 47.0 Å². The minimum Gasteiger partial charge on any atom is -0.497 e. The van der Waals surface area contributed by atoms with E-state index in [-0.39, 0.29) is 5.56 Å². The molecule has 0 atom stereocenters. The molecular formula is C16H20N2O2. The summed E-state index contributed by atoms with van der Waals surface area (Å²) in [4.78, 5) is 16.0. The molecule has 106 valence electrons. The highest BCUT2D eigenvalue weighted by Crippen LogP contribution is 2.19. The van der Waals surface area contributed by atoms with Crippen LogP contribution in [-0.4, -0.2) is 16.7 Å². The Kier molecular flexibility index (Phi) is 4.56. The maximum Gasteiger partial charge on any atom is 0.269 e. The van der Waals surface area contributed by atoms with Crippen LogP contribution in [0.1, 0.15) is 20.3 Å². The summed E-state index contributed by atoms with van der Waals surface area (Å²) in [5.41, 5.74) is 1.73. The molecule has 1 heterocycles. The maximum absolute atomic E-state index is 11.8. The van der Waals surface area contributed by atoms with Gasteiger partial charge in [-0.2, -0.15) is 0 Å². The molecule has 1 aromatic carbocycles. The van der Waals surface area contributed by atoms with E-state index in [9.17, 15) is 4.79 Å². The number of hydrogen-bond donors (Lipinski definition) is 0. The highest BCUT2D eigenvalue weighted by atomic mass is 16.5. The Balaban J connectivity index is 2.27. The molecule has 0 aliphatic rings. The zero-order valence-corrected chi connectivity index (χ0v) is 12.2. The molecule has 2 aromatic rings. The topological polar surface area (TPSA) is 44.1 Å². The fourth-order valence-electron chi connectivity index (χ4n) is 1.93. The zero-order valence-electron chi connectivity index (χ0n) is 12.2. The van der Waals surface area contributed by atoms with Crippen molar-refractivity contribution < 1.29 is 4.74 Å². The first-order chi connectivity index (χ1) is 9.60. The first-order valence-electron chi connectivity index (χ1n) is 6.81. The van der Waals surface area contributed by atoms with Crippen molar-refractivity contribution >= 4 is 0 Å². The molecule has 0 fully saturated rings. The van der Waals surface area contributed by atoms with Crippen LogP contribution < -0.4 is 10.3 Å². The molecule has 2 rings (SSSR count). The van der Waals surface area contributed by atoms with E-state index >= 15 is 0 Å². The van der Waals surface area contributed by atoms with Gasteiger partial charge in [0.25, 0.3) is 5.56 Å². The summed E-state index contributed by atoms with van der Waals surface area (Å²) >= 11 is 0. The van der Waals surface area contributed by atoms with E-state index in [2.05, 4.69) is 18.8 Å². The third kappa shape index (κ3) is 3.47. The molecular weight excluding hydrogens is 252 g/mol. The number of aromatic nitrogens is 2. The maximum atomic E-state index is 11.8. The third-order valence-electron chi connectivity index (χ3n) is 3.21. The second-order valence-electron chi connectivity index (χ2n) is 5.22. The molecule has 0 spiro atoms. The minimum absolute atomic E-state index is 0.0529. The summed E-state index contributed by atoms with van der Waals surface area (Å²) in [7, 11) is 1.64. The van der Waals surface area contributed by atoms with Gasteiger partial charge in [-0.25, -0.2) is 4.98 Å². The molecule has 0 saturated heterocycles. The summed E-state index contributed by atoms with van der Waals surface area (Å²) < 4.78 is 6.87. The van der Waals surface area contributed by atoms with Crippen molar-refractivity contribution in [1.29, 1.82) is 0 Å². The van der Waals surface area contributed by atoms with Crippen LogP contribution in [0.5, 0.6) is 5.75 Å². The van der Waals surface area contributed by atoms with Crippen LogP contribution in [0.4, 0.5) is 0 Å². The third-order valence-corrected chi connectivity index (χ3v) is 3.21. The molecule has 0 bridgehead atoms. The Bertz CT molecular complexity index is 615. The van der Waals surface area contributed by atoms with Crippen LogP contribution in [-0.2, 0) is 6.54 Å². The van der Waals surface area contributed by atoms with E-state index in [1.165, 1.54) is 6.20 Å². The van der Waals surface area contributed by atoms with Crippen LogP contribution in [0.2, 0.25) is 0 Å². The van der Waals surface area contributed by atoms with E-state index in [0.29, 0.717) is 5.92 Å². The Morgan fingerprint density at radius 2 is 1.95 bits per heavy atom. The lowest BCUT2D eigenvalue weighted by Crippen LogP contribution is -2.20. The van der Waals surface area contributed by atoms with Crippen LogP contribution in [0.15, 0.2) is 41.5 Å². The average Bonchev–Trinajstić information content (AvgIpc) is 2.46. The molecule has 0 unspecified atom stereocenters. The minimum atomic E-state index is -0.0529. The highest BCUT2D eigenvalue weighted by molar-refractivity contribution is 5.58. The molecule has 20 heavy (non-hydrogen) atoms. The zero-order chi connectivity index (χ0) is 14.5. The van der Waals surface area contributed by atoms with Gasteiger partial charge < -0.3 is 9.30 Å². The predicted molar refractivity (Wildman–Crippen MR) is 79.9 cm³/mol. The van der Waals surface area contributed by atoms with Crippen LogP contribution in [0.25, 0.3) is 11.3 Å². The van der Waals surface area contributed by atoms with Gasteiger partial charge in [0.05, 0.1) is 19.0 Å². The van der Waals surface area contributed by atoms with Gasteiger partial charge in [0.2, 0.25) is 0 Å². The van der Waals surface area contributed by atoms with Crippen molar-refractivity contribution in [3.63, 3.8) is 0 Å². The van der Waals surface area contributed by atoms with E-state index in [0.717, 1.165) is 30.0 Å². The van der Waals surface area contributed by atoms with Gasteiger partial charge in [0.15, 0.2) is 0 Å². The molecule has 4 nitrogen and oxygen atoms in total. The van der Waals surface area contributed by atoms with E-state index in [4.69, 9.17) is 4.74 Å². The molecule has 0 radical (unpaired) electrons. The fraction of sp³-hybridized carbons (Fsp3) is 0.375. The van der Waals surface area contributed by atoms with Crippen LogP contribution >= 0.6 is 0 Å². The van der Waals surface area contributed by atoms with Crippen LogP contribution in [0, 0.1) is 5.92 Å². The summed E-state index contributed by atoms with van der Waals surface area (Å²) in [6.45, 7) is 5.02. The monoisotopic (exact) mass is 272 g/mol. The lowest BCUT2D eigenvalue weighted by molar-refractivity contribution is 0.415. The number of rotatable bonds is 5. The van der Waals surface area contributed by atoms with Gasteiger partial charge in [-0.05, 0) is 36.6 Å². The van der Waals surface area contributed by atoms with Gasteiger partial charge in [0, 0.05) is 18.3 Å². The van der Waals surface area contributed by atoms with E-state index < -0.39 is 0 Å². The van der Waals surface area contributed by atoms with Crippen molar-refractivity contribution in [2.45, 2.75) is 26.8 Å². The lowest BCUT2D eigenvalue weighted by Gasteiger charge is -2.09. The molecule has 0 aliphatic heterocycles. The van der Waals surface area contributed by atoms with Crippen LogP contribution in [0.3, 0.4) is 0 Å². The molecule has 0 aliphatic carbocycles. The predicted octanol–water partition coefficient (Wildman–Crippen LogP) is 2.97. The summed E-state index contributed by atoms with van der Waals surface area (Å²) in [5, 5.41) is 0. The Labute approximate surface area is 119 Å². The largest absolute Gasteiger partial charge is 0.497 e. The van der Waals surface area contributed by atoms with Gasteiger partial charge in [-0.15, -0.1) is 0 Å². The lowest BCUT2D eigenvalue weighted by atomic mass is 10.1. The Morgan fingerprint density at radius 3 is 2.55 bits per heavy atom. The van der Waals surface area contributed by atoms with Crippen molar-refractivity contribution in [2.75, 3.05) is 7.11 Å². The number of benzene rings is 1. The number of hydrogen-bond acceptors (Lipinski definition) is 3. The number of ether oxygens (including phenoxy) is 1. The standard InChI is InChI=1S/C16H20N2O2/c1-12(2)8-9-18-11-15(17-10-16(18)19)13-4-6-14(20-3)7-5-13/h4-7,10-12H,8-9H2,1-3H3.